The van der Waals surface area contributed by atoms with Gasteiger partial charge < -0.3 is 34.2 Å². The minimum absolute atomic E-state index is 0.0842. The molecule has 0 saturated carbocycles. The van der Waals surface area contributed by atoms with Crippen LogP contribution in [0.1, 0.15) is 380 Å². The van der Waals surface area contributed by atoms with Gasteiger partial charge in [-0.05, 0) is 148 Å². The van der Waals surface area contributed by atoms with Crippen molar-refractivity contribution in [3.8, 4) is 0 Å². The minimum atomic E-state index is -4.95. The van der Waals surface area contributed by atoms with E-state index in [0.29, 0.717) is 19.3 Å². The first-order chi connectivity index (χ1) is 56.2. The Morgan fingerprint density at radius 2 is 0.461 bits per heavy atom. The van der Waals surface area contributed by atoms with Crippen LogP contribution < -0.4 is 0 Å². The van der Waals surface area contributed by atoms with Gasteiger partial charge in [-0.15, -0.1) is 0 Å². The smallest absolute Gasteiger partial charge is 0.463 e. The molecule has 0 aromatic rings. The fourth-order valence-electron chi connectivity index (χ4n) is 12.3. The van der Waals surface area contributed by atoms with Gasteiger partial charge in [-0.2, -0.15) is 0 Å². The second-order valence-electron chi connectivity index (χ2n) is 30.3. The third-order valence-corrected chi connectivity index (χ3v) is 21.1. The fraction of sp³-hybridized carbons (Fsp3) is 0.701. The summed E-state index contributed by atoms with van der Waals surface area (Å²) in [6, 6.07) is 0. The first-order valence-electron chi connectivity index (χ1n) is 45.8. The number of esters is 3. The number of aliphatic hydroxyl groups is 2. The van der Waals surface area contributed by atoms with Gasteiger partial charge in [0.1, 0.15) is 25.4 Å². The quantitative estimate of drug-likeness (QED) is 0.0146. The number of unbranched alkanes of at least 4 members (excludes halogenated alkanes) is 37. The molecule has 660 valence electrons. The van der Waals surface area contributed by atoms with Gasteiger partial charge in [-0.3, -0.25) is 32.5 Å². The lowest BCUT2D eigenvalue weighted by molar-refractivity contribution is -0.161. The Hall–Kier alpha value is -4.83. The number of hydrogen-bond donors (Lipinski definition) is 4. The van der Waals surface area contributed by atoms with Crippen molar-refractivity contribution in [3.05, 3.63) is 158 Å². The van der Waals surface area contributed by atoms with Crippen LogP contribution in [0.25, 0.3) is 0 Å². The summed E-state index contributed by atoms with van der Waals surface area (Å²) in [6.45, 7) is 2.45. The first-order valence-corrected chi connectivity index (χ1v) is 48.8. The maximum Gasteiger partial charge on any atom is 0.472 e. The van der Waals surface area contributed by atoms with Gasteiger partial charge in [-0.1, -0.05) is 371 Å². The second-order valence-corrected chi connectivity index (χ2v) is 33.2. The monoisotopic (exact) mass is 1650 g/mol. The summed E-state index contributed by atoms with van der Waals surface area (Å²) in [4.78, 5) is 59.0. The average Bonchev–Trinajstić information content (AvgIpc) is 0.902. The zero-order valence-electron chi connectivity index (χ0n) is 72.7. The number of phosphoric acid groups is 2. The normalized spacial score (nSPS) is 14.5. The number of rotatable bonds is 86. The zero-order chi connectivity index (χ0) is 83.6. The summed E-state index contributed by atoms with van der Waals surface area (Å²) in [7, 11) is -9.81. The molecule has 0 fully saturated rings. The van der Waals surface area contributed by atoms with Gasteiger partial charge >= 0.3 is 33.6 Å². The Morgan fingerprint density at radius 1 is 0.252 bits per heavy atom. The molecule has 5 unspecified atom stereocenters. The summed E-state index contributed by atoms with van der Waals surface area (Å²) >= 11 is 0. The molecule has 0 aliphatic rings. The Kier molecular flexibility index (Phi) is 84.7. The maximum absolute atomic E-state index is 13.0. The van der Waals surface area contributed by atoms with Crippen LogP contribution in [0, 0.1) is 0 Å². The van der Waals surface area contributed by atoms with Gasteiger partial charge in [0.2, 0.25) is 0 Å². The summed E-state index contributed by atoms with van der Waals surface area (Å²) in [5, 5.41) is 20.7. The molecule has 16 nitrogen and oxygen atoms in total. The third-order valence-electron chi connectivity index (χ3n) is 19.2. The van der Waals surface area contributed by atoms with E-state index in [-0.39, 0.29) is 19.3 Å². The minimum Gasteiger partial charge on any atom is -0.463 e. The molecule has 18 heteroatoms. The van der Waals surface area contributed by atoms with Crippen molar-refractivity contribution in [1.29, 1.82) is 0 Å². The van der Waals surface area contributed by atoms with Gasteiger partial charge in [-0.25, -0.2) is 9.13 Å². The molecule has 0 heterocycles. The van der Waals surface area contributed by atoms with Crippen molar-refractivity contribution >= 4 is 33.6 Å². The first kappa shape index (κ1) is 110. The second kappa shape index (κ2) is 88.5. The van der Waals surface area contributed by atoms with Crippen molar-refractivity contribution < 1.29 is 75.8 Å². The predicted octanol–water partition coefficient (Wildman–Crippen LogP) is 28.1. The van der Waals surface area contributed by atoms with E-state index in [1.165, 1.54) is 154 Å². The molecule has 4 N–H and O–H groups in total. The number of hydrogen-bond acceptors (Lipinski definition) is 14. The van der Waals surface area contributed by atoms with E-state index in [4.69, 9.17) is 32.3 Å². The van der Waals surface area contributed by atoms with E-state index >= 15 is 0 Å². The molecule has 0 rings (SSSR count). The highest BCUT2D eigenvalue weighted by atomic mass is 31.2. The maximum atomic E-state index is 13.0. The molecular formula is C97H166O16P2. The number of phosphoric ester groups is 2. The molecular weight excluding hydrogens is 1480 g/mol. The fourth-order valence-corrected chi connectivity index (χ4v) is 13.9. The van der Waals surface area contributed by atoms with E-state index < -0.39 is 91.5 Å². The summed E-state index contributed by atoms with van der Waals surface area (Å²) in [5.74, 6) is -1.59. The van der Waals surface area contributed by atoms with Crippen LogP contribution in [-0.2, 0) is 55.8 Å². The van der Waals surface area contributed by atoms with Crippen LogP contribution in [0.2, 0.25) is 0 Å². The number of ether oxygens (including phenoxy) is 3. The van der Waals surface area contributed by atoms with E-state index in [1.54, 1.807) is 0 Å². The lowest BCUT2D eigenvalue weighted by Gasteiger charge is -2.21. The van der Waals surface area contributed by atoms with Gasteiger partial charge in [0.25, 0.3) is 0 Å². The summed E-state index contributed by atoms with van der Waals surface area (Å²) in [5.41, 5.74) is 0. The Balaban J connectivity index is 4.54. The highest BCUT2D eigenvalue weighted by molar-refractivity contribution is 7.47. The highest BCUT2D eigenvalue weighted by Crippen LogP contribution is 2.45. The van der Waals surface area contributed by atoms with Crippen molar-refractivity contribution in [2.24, 2.45) is 0 Å². The molecule has 0 saturated heterocycles. The van der Waals surface area contributed by atoms with E-state index in [1.807, 2.05) is 0 Å². The lowest BCUT2D eigenvalue weighted by Crippen LogP contribution is -2.30. The molecule has 0 amide bonds. The largest absolute Gasteiger partial charge is 0.472 e. The molecule has 0 aliphatic heterocycles. The summed E-state index contributed by atoms with van der Waals surface area (Å²) < 4.78 is 61.4. The topological polar surface area (TPSA) is 231 Å². The number of allylic oxidation sites excluding steroid dienone is 26. The number of carbonyl (C=O) groups excluding carboxylic acids is 3. The molecule has 0 aliphatic carbocycles. The third kappa shape index (κ3) is 89.8. The van der Waals surface area contributed by atoms with Crippen LogP contribution in [0.15, 0.2) is 158 Å². The summed E-state index contributed by atoms with van der Waals surface area (Å²) in [6.07, 6.45) is 113. The molecule has 0 aromatic heterocycles. The van der Waals surface area contributed by atoms with Crippen molar-refractivity contribution in [3.63, 3.8) is 0 Å². The Labute approximate surface area is 701 Å². The SMILES string of the molecule is CC/C=C\C/C=C\C/C=C\C/C=C\C/C=C\CCCCCCCCCCCCCC(=O)OCC(COP(=O)(O)OCC(O)COP(=O)(O)OCC(O)COC(=O)CCCCCCCCCCCCCCCCCCC/C=C\C/C=C\C/C=C\C/C=C\CCCCC)OC(=O)CCCCCCCC/C=C\C/C=C\C/C=C\C/C=C\CC. The van der Waals surface area contributed by atoms with E-state index in [2.05, 4.69) is 179 Å². The van der Waals surface area contributed by atoms with Crippen LogP contribution in [0.3, 0.4) is 0 Å². The molecule has 0 aromatic carbocycles. The number of carbonyl (C=O) groups is 3. The molecule has 0 radical (unpaired) electrons. The van der Waals surface area contributed by atoms with Crippen molar-refractivity contribution in [1.82, 2.24) is 0 Å². The van der Waals surface area contributed by atoms with Crippen LogP contribution in [0.4, 0.5) is 0 Å². The van der Waals surface area contributed by atoms with Crippen molar-refractivity contribution in [2.45, 2.75) is 399 Å². The van der Waals surface area contributed by atoms with Gasteiger partial charge in [0.15, 0.2) is 6.10 Å². The van der Waals surface area contributed by atoms with Gasteiger partial charge in [0.05, 0.1) is 26.4 Å². The Bertz CT molecular complexity index is 2720. The Morgan fingerprint density at radius 3 is 0.730 bits per heavy atom. The molecule has 0 bridgehead atoms. The predicted molar refractivity (Wildman–Crippen MR) is 482 cm³/mol. The van der Waals surface area contributed by atoms with Gasteiger partial charge in [0, 0.05) is 19.3 Å². The van der Waals surface area contributed by atoms with Crippen LogP contribution in [-0.4, -0.2) is 95.9 Å². The standard InChI is InChI=1S/C97H166O16P2/c1-4-7-10-13-16-19-22-25-28-31-34-36-38-40-42-43-44-45-46-47-49-51-52-54-57-59-62-65-68-71-74-77-80-83-95(100)107-86-92(98)87-109-114(103,104)110-88-93(99)89-111-115(105,106)112-91-94(113-97(102)85-82-79-76-73-70-67-64-61-56-33-30-27-24-21-18-15-12-9-6-3)90-108-96(101)84-81-78-75-72-69-66-63-60-58-55-53-50-48-41-39-37-35-32-29-26-23-20-17-14-11-8-5-2/h8-9,11-12,16-21,25-30,34-37,40-42,48,56,61,92-94,98-99H,4-7,10,13-15,22-24,31-33,38-39,43-47,49-55,57-60,62-91H2,1-3H3,(H,103,104)(H,105,106)/b11-8-,12-9-,19-16-,20-17-,21-18-,28-25-,29-26-,30-27-,36-34-,37-35-,42-40-,48-41-,61-56-. The van der Waals surface area contributed by atoms with E-state index in [0.717, 1.165) is 167 Å². The molecule has 115 heavy (non-hydrogen) atoms. The van der Waals surface area contributed by atoms with Crippen molar-refractivity contribution in [2.75, 3.05) is 39.6 Å². The van der Waals surface area contributed by atoms with Crippen LogP contribution >= 0.6 is 15.6 Å². The highest BCUT2D eigenvalue weighted by Gasteiger charge is 2.29. The molecule has 0 spiro atoms. The van der Waals surface area contributed by atoms with E-state index in [9.17, 15) is 43.5 Å². The van der Waals surface area contributed by atoms with Crippen LogP contribution in [0.5, 0.6) is 0 Å². The number of aliphatic hydroxyl groups excluding tert-OH is 2. The lowest BCUT2D eigenvalue weighted by atomic mass is 10.0. The average molecular weight is 1650 g/mol. The zero-order valence-corrected chi connectivity index (χ0v) is 74.5. The molecule has 5 atom stereocenters.